The SMILES string of the molecule is CC(C)(c1ccc(O)cc1)c1ccc(Oc2nc(Oc3ccc(C(C)(C)c4ccc(O)cc4)cc3)nc(Oc3ccc(C(C)(C)c4ccc(O)cc4)cc3)n2)cc1. The summed E-state index contributed by atoms with van der Waals surface area (Å²) in [5.74, 6) is 2.18. The van der Waals surface area contributed by atoms with Gasteiger partial charge in [-0.05, 0) is 106 Å². The Morgan fingerprint density at radius 3 is 0.667 bits per heavy atom. The van der Waals surface area contributed by atoms with Crippen molar-refractivity contribution in [3.63, 3.8) is 0 Å². The summed E-state index contributed by atoms with van der Waals surface area (Å²) in [4.78, 5) is 13.5. The average molecular weight is 760 g/mol. The zero-order valence-corrected chi connectivity index (χ0v) is 32.8. The maximum Gasteiger partial charge on any atom is 0.331 e. The maximum absolute atomic E-state index is 9.78. The largest absolute Gasteiger partial charge is 0.508 e. The number of benzene rings is 6. The van der Waals surface area contributed by atoms with Crippen LogP contribution in [-0.4, -0.2) is 30.3 Å². The van der Waals surface area contributed by atoms with Crippen LogP contribution in [0.5, 0.6) is 52.5 Å². The van der Waals surface area contributed by atoms with E-state index in [1.807, 2.05) is 109 Å². The summed E-state index contributed by atoms with van der Waals surface area (Å²) in [6, 6.07) is 44.6. The van der Waals surface area contributed by atoms with Gasteiger partial charge >= 0.3 is 18.0 Å². The van der Waals surface area contributed by atoms with E-state index in [0.717, 1.165) is 33.4 Å². The van der Waals surface area contributed by atoms with Crippen LogP contribution in [0.2, 0.25) is 0 Å². The Bertz CT molecular complexity index is 2150. The van der Waals surface area contributed by atoms with Crippen LogP contribution in [0.15, 0.2) is 146 Å². The zero-order chi connectivity index (χ0) is 40.4. The fourth-order valence-corrected chi connectivity index (χ4v) is 6.73. The van der Waals surface area contributed by atoms with Gasteiger partial charge in [0, 0.05) is 16.2 Å². The van der Waals surface area contributed by atoms with Gasteiger partial charge in [0.2, 0.25) is 0 Å². The fraction of sp³-hybridized carbons (Fsp3) is 0.188. The Labute approximate surface area is 332 Å². The van der Waals surface area contributed by atoms with Gasteiger partial charge in [-0.25, -0.2) is 0 Å². The van der Waals surface area contributed by atoms with Crippen molar-refractivity contribution in [2.75, 3.05) is 0 Å². The van der Waals surface area contributed by atoms with Gasteiger partial charge in [-0.2, -0.15) is 0 Å². The molecule has 0 fully saturated rings. The normalized spacial score (nSPS) is 11.9. The number of hydrogen-bond acceptors (Lipinski definition) is 9. The van der Waals surface area contributed by atoms with Crippen LogP contribution >= 0.6 is 0 Å². The summed E-state index contributed by atoms with van der Waals surface area (Å²) >= 11 is 0. The molecular formula is C48H45N3O6. The summed E-state index contributed by atoms with van der Waals surface area (Å²) in [6.45, 7) is 12.7. The van der Waals surface area contributed by atoms with Crippen molar-refractivity contribution in [3.8, 4) is 52.5 Å². The molecule has 57 heavy (non-hydrogen) atoms. The van der Waals surface area contributed by atoms with E-state index in [0.29, 0.717) is 17.2 Å². The lowest BCUT2D eigenvalue weighted by Crippen LogP contribution is -2.18. The minimum Gasteiger partial charge on any atom is -0.508 e. The van der Waals surface area contributed by atoms with E-state index in [-0.39, 0.29) is 51.5 Å². The highest BCUT2D eigenvalue weighted by Gasteiger charge is 2.26. The molecule has 7 aromatic rings. The molecule has 288 valence electrons. The van der Waals surface area contributed by atoms with Gasteiger partial charge in [0.15, 0.2) is 0 Å². The lowest BCUT2D eigenvalue weighted by molar-refractivity contribution is 0.362. The first-order valence-corrected chi connectivity index (χ1v) is 18.7. The molecule has 0 aliphatic carbocycles. The van der Waals surface area contributed by atoms with Crippen LogP contribution in [0.3, 0.4) is 0 Å². The van der Waals surface area contributed by atoms with Crippen molar-refractivity contribution >= 4 is 0 Å². The molecule has 0 amide bonds. The number of rotatable bonds is 12. The molecule has 1 heterocycles. The van der Waals surface area contributed by atoms with Crippen LogP contribution < -0.4 is 14.2 Å². The molecule has 9 heteroatoms. The van der Waals surface area contributed by atoms with E-state index in [1.54, 1.807) is 36.4 Å². The zero-order valence-electron chi connectivity index (χ0n) is 32.8. The van der Waals surface area contributed by atoms with Crippen molar-refractivity contribution in [1.82, 2.24) is 15.0 Å². The maximum atomic E-state index is 9.78. The standard InChI is InChI=1S/C48H45N3O6/c1-46(2,31-7-19-37(52)20-8-31)34-13-25-40(26-14-34)55-43-49-44(56-41-27-15-35(16-28-41)47(3,4)32-9-21-38(53)22-10-32)51-45(50-43)57-42-29-17-36(18-30-42)48(5,6)33-11-23-39(54)24-12-33/h7-30,52-54H,1-6H3. The molecule has 0 unspecified atom stereocenters. The van der Waals surface area contributed by atoms with Crippen molar-refractivity contribution in [2.24, 2.45) is 0 Å². The molecule has 0 bridgehead atoms. The van der Waals surface area contributed by atoms with Crippen molar-refractivity contribution < 1.29 is 29.5 Å². The minimum atomic E-state index is -0.328. The first-order valence-electron chi connectivity index (χ1n) is 18.7. The third-order valence-electron chi connectivity index (χ3n) is 10.7. The first-order chi connectivity index (χ1) is 27.2. The predicted octanol–water partition coefficient (Wildman–Crippen LogP) is 11.3. The Morgan fingerprint density at radius 2 is 0.474 bits per heavy atom. The van der Waals surface area contributed by atoms with Crippen molar-refractivity contribution in [2.45, 2.75) is 57.8 Å². The number of nitrogens with zero attached hydrogens (tertiary/aromatic N) is 3. The number of aromatic nitrogens is 3. The van der Waals surface area contributed by atoms with Gasteiger partial charge < -0.3 is 29.5 Å². The summed E-state index contributed by atoms with van der Waals surface area (Å²) in [5.41, 5.74) is 5.35. The third-order valence-corrected chi connectivity index (χ3v) is 10.7. The Balaban J connectivity index is 1.15. The highest BCUT2D eigenvalue weighted by molar-refractivity contribution is 5.45. The molecule has 0 aliphatic heterocycles. The highest BCUT2D eigenvalue weighted by Crippen LogP contribution is 2.37. The first kappa shape index (κ1) is 38.4. The summed E-state index contributed by atoms with van der Waals surface area (Å²) in [7, 11) is 0. The van der Waals surface area contributed by atoms with E-state index in [2.05, 4.69) is 56.5 Å². The van der Waals surface area contributed by atoms with Crippen LogP contribution in [0.1, 0.15) is 74.9 Å². The molecule has 0 saturated carbocycles. The Morgan fingerprint density at radius 1 is 0.298 bits per heavy atom. The summed E-state index contributed by atoms with van der Waals surface area (Å²) in [5, 5.41) is 29.3. The monoisotopic (exact) mass is 759 g/mol. The molecule has 0 atom stereocenters. The second kappa shape index (κ2) is 15.3. The molecule has 0 saturated heterocycles. The van der Waals surface area contributed by atoms with Crippen molar-refractivity contribution in [1.29, 1.82) is 0 Å². The number of ether oxygens (including phenoxy) is 3. The van der Waals surface area contributed by atoms with Crippen LogP contribution in [0.4, 0.5) is 0 Å². The van der Waals surface area contributed by atoms with Gasteiger partial charge in [0.25, 0.3) is 0 Å². The topological polar surface area (TPSA) is 127 Å². The number of phenols is 3. The quantitative estimate of drug-likeness (QED) is 0.112. The van der Waals surface area contributed by atoms with Gasteiger partial charge in [-0.3, -0.25) is 0 Å². The summed E-state index contributed by atoms with van der Waals surface area (Å²) in [6.07, 6.45) is 0. The van der Waals surface area contributed by atoms with E-state index in [9.17, 15) is 15.3 Å². The second-order valence-corrected chi connectivity index (χ2v) is 15.6. The minimum absolute atomic E-state index is 0.0179. The number of hydrogen-bond donors (Lipinski definition) is 3. The smallest absolute Gasteiger partial charge is 0.331 e. The third kappa shape index (κ3) is 8.53. The van der Waals surface area contributed by atoms with Crippen LogP contribution in [-0.2, 0) is 16.2 Å². The van der Waals surface area contributed by atoms with E-state index < -0.39 is 0 Å². The van der Waals surface area contributed by atoms with E-state index >= 15 is 0 Å². The van der Waals surface area contributed by atoms with Crippen LogP contribution in [0, 0.1) is 0 Å². The second-order valence-electron chi connectivity index (χ2n) is 15.6. The molecule has 6 aromatic carbocycles. The molecule has 0 radical (unpaired) electrons. The van der Waals surface area contributed by atoms with Crippen molar-refractivity contribution in [3.05, 3.63) is 179 Å². The molecule has 0 spiro atoms. The van der Waals surface area contributed by atoms with E-state index in [1.165, 1.54) is 0 Å². The molecule has 3 N–H and O–H groups in total. The Hall–Kier alpha value is -6.87. The molecular weight excluding hydrogens is 715 g/mol. The van der Waals surface area contributed by atoms with Gasteiger partial charge in [0.05, 0.1) is 0 Å². The Kier molecular flexibility index (Phi) is 10.3. The van der Waals surface area contributed by atoms with Gasteiger partial charge in [-0.15, -0.1) is 15.0 Å². The molecule has 0 aliphatic rings. The lowest BCUT2D eigenvalue weighted by atomic mass is 9.78. The highest BCUT2D eigenvalue weighted by atomic mass is 16.5. The van der Waals surface area contributed by atoms with E-state index in [4.69, 9.17) is 14.2 Å². The van der Waals surface area contributed by atoms with Crippen LogP contribution in [0.25, 0.3) is 0 Å². The molecule has 1 aromatic heterocycles. The number of aromatic hydroxyl groups is 3. The predicted molar refractivity (Wildman–Crippen MR) is 220 cm³/mol. The number of phenolic OH excluding ortho intramolecular Hbond substituents is 3. The molecule has 9 nitrogen and oxygen atoms in total. The lowest BCUT2D eigenvalue weighted by Gasteiger charge is -2.26. The summed E-state index contributed by atoms with van der Waals surface area (Å²) < 4.78 is 18.5. The fourth-order valence-electron chi connectivity index (χ4n) is 6.73. The molecule has 7 rings (SSSR count). The average Bonchev–Trinajstić information content (AvgIpc) is 3.19. The van der Waals surface area contributed by atoms with Gasteiger partial charge in [-0.1, -0.05) is 114 Å². The van der Waals surface area contributed by atoms with Gasteiger partial charge in [0.1, 0.15) is 34.5 Å².